The van der Waals surface area contributed by atoms with Gasteiger partial charge in [-0.05, 0) is 38.1 Å². The number of aliphatic hydroxyl groups is 1. The minimum Gasteiger partial charge on any atom is -0.394 e. The van der Waals surface area contributed by atoms with Gasteiger partial charge in [0.25, 0.3) is 0 Å². The number of hydrogen-bond donors (Lipinski definition) is 3. The molecule has 10 heteroatoms. The van der Waals surface area contributed by atoms with E-state index in [0.29, 0.717) is 24.0 Å². The topological polar surface area (TPSA) is 122 Å². The highest BCUT2D eigenvalue weighted by Crippen LogP contribution is 2.23. The molecule has 0 saturated carbocycles. The van der Waals surface area contributed by atoms with Gasteiger partial charge in [-0.1, -0.05) is 6.07 Å². The average Bonchev–Trinajstić information content (AvgIpc) is 2.90. The molecule has 0 unspecified atom stereocenters. The predicted octanol–water partition coefficient (Wildman–Crippen LogP) is 2.17. The first-order valence-corrected chi connectivity index (χ1v) is 10.5. The van der Waals surface area contributed by atoms with E-state index in [-0.39, 0.29) is 11.5 Å². The predicted molar refractivity (Wildman–Crippen MR) is 107 cm³/mol. The normalized spacial score (nSPS) is 11.4. The lowest BCUT2D eigenvalue weighted by molar-refractivity contribution is 0.270. The third-order valence-corrected chi connectivity index (χ3v) is 5.27. The van der Waals surface area contributed by atoms with E-state index in [1.54, 1.807) is 29.1 Å². The van der Waals surface area contributed by atoms with Crippen molar-refractivity contribution in [3.63, 3.8) is 0 Å². The van der Waals surface area contributed by atoms with Crippen LogP contribution in [-0.4, -0.2) is 46.1 Å². The smallest absolute Gasteiger partial charge is 0.229 e. The Morgan fingerprint density at radius 1 is 1.18 bits per heavy atom. The van der Waals surface area contributed by atoms with E-state index in [4.69, 9.17) is 0 Å². The second-order valence-electron chi connectivity index (χ2n) is 6.32. The van der Waals surface area contributed by atoms with Crippen LogP contribution in [0.1, 0.15) is 11.3 Å². The molecule has 0 saturated heterocycles. The zero-order valence-electron chi connectivity index (χ0n) is 15.8. The van der Waals surface area contributed by atoms with Crippen molar-refractivity contribution in [2.75, 3.05) is 23.5 Å². The van der Waals surface area contributed by atoms with E-state index in [2.05, 4.69) is 25.7 Å². The van der Waals surface area contributed by atoms with Crippen LogP contribution in [0.15, 0.2) is 41.4 Å². The van der Waals surface area contributed by atoms with Crippen LogP contribution in [0.25, 0.3) is 0 Å². The summed E-state index contributed by atoms with van der Waals surface area (Å²) in [5, 5.41) is 19.9. The zero-order valence-corrected chi connectivity index (χ0v) is 16.7. The van der Waals surface area contributed by atoms with E-state index in [1.807, 2.05) is 13.8 Å². The molecular weight excluding hydrogens is 380 g/mol. The minimum atomic E-state index is -3.30. The van der Waals surface area contributed by atoms with Crippen LogP contribution in [0.2, 0.25) is 0 Å². The van der Waals surface area contributed by atoms with Crippen molar-refractivity contribution in [2.24, 2.45) is 0 Å². The Hall–Kier alpha value is -2.98. The van der Waals surface area contributed by atoms with Crippen LogP contribution in [-0.2, 0) is 16.4 Å². The van der Waals surface area contributed by atoms with Crippen LogP contribution in [0.3, 0.4) is 0 Å². The maximum atomic E-state index is 11.7. The minimum absolute atomic E-state index is 0.0253. The summed E-state index contributed by atoms with van der Waals surface area (Å²) in [4.78, 5) is 8.81. The first kappa shape index (κ1) is 19.8. The SMILES string of the molecule is Cc1nn(CCO)c(Nc2ccnc(Nc3cccc(S(C)(=O)=O)c3)n2)c1C. The largest absolute Gasteiger partial charge is 0.394 e. The molecule has 0 aliphatic carbocycles. The maximum absolute atomic E-state index is 11.7. The van der Waals surface area contributed by atoms with Gasteiger partial charge in [0.1, 0.15) is 11.6 Å². The number of aliphatic hydroxyl groups excluding tert-OH is 1. The van der Waals surface area contributed by atoms with E-state index < -0.39 is 9.84 Å². The van der Waals surface area contributed by atoms with Gasteiger partial charge in [-0.25, -0.2) is 18.1 Å². The molecule has 3 rings (SSSR count). The maximum Gasteiger partial charge on any atom is 0.229 e. The lowest BCUT2D eigenvalue weighted by atomic mass is 10.3. The van der Waals surface area contributed by atoms with Crippen molar-refractivity contribution in [3.05, 3.63) is 47.8 Å². The highest BCUT2D eigenvalue weighted by Gasteiger charge is 2.13. The molecule has 0 aliphatic heterocycles. The van der Waals surface area contributed by atoms with Crippen LogP contribution >= 0.6 is 0 Å². The molecule has 3 N–H and O–H groups in total. The molecule has 0 radical (unpaired) electrons. The summed E-state index contributed by atoms with van der Waals surface area (Å²) in [5.74, 6) is 1.60. The van der Waals surface area contributed by atoms with Crippen LogP contribution < -0.4 is 10.6 Å². The fourth-order valence-corrected chi connectivity index (χ4v) is 3.30. The molecule has 0 amide bonds. The number of aromatic nitrogens is 4. The molecule has 0 spiro atoms. The second-order valence-corrected chi connectivity index (χ2v) is 8.34. The summed E-state index contributed by atoms with van der Waals surface area (Å²) < 4.78 is 25.1. The van der Waals surface area contributed by atoms with Crippen molar-refractivity contribution < 1.29 is 13.5 Å². The lowest BCUT2D eigenvalue weighted by Gasteiger charge is -2.11. The van der Waals surface area contributed by atoms with Crippen molar-refractivity contribution in [3.8, 4) is 0 Å². The van der Waals surface area contributed by atoms with Crippen molar-refractivity contribution in [2.45, 2.75) is 25.3 Å². The molecule has 9 nitrogen and oxygen atoms in total. The fourth-order valence-electron chi connectivity index (χ4n) is 2.63. The Kier molecular flexibility index (Phi) is 5.61. The Balaban J connectivity index is 1.84. The van der Waals surface area contributed by atoms with Gasteiger partial charge in [0, 0.05) is 23.7 Å². The number of anilines is 4. The first-order chi connectivity index (χ1) is 13.3. The number of sulfone groups is 1. The van der Waals surface area contributed by atoms with E-state index in [0.717, 1.165) is 23.3 Å². The monoisotopic (exact) mass is 402 g/mol. The number of hydrogen-bond acceptors (Lipinski definition) is 8. The molecule has 3 aromatic rings. The molecule has 148 valence electrons. The van der Waals surface area contributed by atoms with Gasteiger partial charge in [0.15, 0.2) is 9.84 Å². The van der Waals surface area contributed by atoms with Crippen LogP contribution in [0.4, 0.5) is 23.3 Å². The third-order valence-electron chi connectivity index (χ3n) is 4.16. The zero-order chi connectivity index (χ0) is 20.3. The lowest BCUT2D eigenvalue weighted by Crippen LogP contribution is -2.09. The molecular formula is C18H22N6O3S. The summed E-state index contributed by atoms with van der Waals surface area (Å²) in [6.45, 7) is 4.18. The average molecular weight is 402 g/mol. The molecule has 28 heavy (non-hydrogen) atoms. The van der Waals surface area contributed by atoms with Crippen molar-refractivity contribution >= 4 is 33.1 Å². The van der Waals surface area contributed by atoms with E-state index in [1.165, 1.54) is 12.1 Å². The number of aryl methyl sites for hydroxylation is 1. The number of benzene rings is 1. The Morgan fingerprint density at radius 3 is 2.68 bits per heavy atom. The summed E-state index contributed by atoms with van der Waals surface area (Å²) >= 11 is 0. The molecule has 0 fully saturated rings. The molecule has 2 aromatic heterocycles. The number of nitrogens with one attached hydrogen (secondary N) is 2. The van der Waals surface area contributed by atoms with Crippen LogP contribution in [0, 0.1) is 13.8 Å². The molecule has 0 atom stereocenters. The summed E-state index contributed by atoms with van der Waals surface area (Å²) in [6.07, 6.45) is 2.75. The third kappa shape index (κ3) is 4.46. The molecule has 1 aromatic carbocycles. The molecule has 2 heterocycles. The first-order valence-electron chi connectivity index (χ1n) is 8.60. The second kappa shape index (κ2) is 7.95. The Bertz CT molecular complexity index is 1090. The van der Waals surface area contributed by atoms with Gasteiger partial charge in [-0.15, -0.1) is 0 Å². The summed E-state index contributed by atoms with van der Waals surface area (Å²) in [6, 6.07) is 8.17. The van der Waals surface area contributed by atoms with Gasteiger partial charge in [0.05, 0.1) is 23.7 Å². The standard InChI is InChI=1S/C18H22N6O3S/c1-12-13(2)23-24(9-10-25)17(12)21-16-7-8-19-18(22-16)20-14-5-4-6-15(11-14)28(3,26)27/h4-8,11,25H,9-10H2,1-3H3,(H2,19,20,21,22). The van der Waals surface area contributed by atoms with Gasteiger partial charge in [-0.2, -0.15) is 10.1 Å². The van der Waals surface area contributed by atoms with Crippen molar-refractivity contribution in [1.29, 1.82) is 0 Å². The highest BCUT2D eigenvalue weighted by molar-refractivity contribution is 7.90. The van der Waals surface area contributed by atoms with E-state index in [9.17, 15) is 13.5 Å². The van der Waals surface area contributed by atoms with Gasteiger partial charge in [-0.3, -0.25) is 0 Å². The molecule has 0 aliphatic rings. The van der Waals surface area contributed by atoms with Gasteiger partial charge < -0.3 is 15.7 Å². The summed E-state index contributed by atoms with van der Waals surface area (Å²) in [7, 11) is -3.30. The van der Waals surface area contributed by atoms with Crippen LogP contribution in [0.5, 0.6) is 0 Å². The quantitative estimate of drug-likeness (QED) is 0.550. The number of rotatable bonds is 7. The Labute approximate surface area is 163 Å². The highest BCUT2D eigenvalue weighted by atomic mass is 32.2. The van der Waals surface area contributed by atoms with Gasteiger partial charge >= 0.3 is 0 Å². The fraction of sp³-hybridized carbons (Fsp3) is 0.278. The Morgan fingerprint density at radius 2 is 1.96 bits per heavy atom. The van der Waals surface area contributed by atoms with Crippen molar-refractivity contribution in [1.82, 2.24) is 19.7 Å². The molecule has 0 bridgehead atoms. The van der Waals surface area contributed by atoms with Gasteiger partial charge in [0.2, 0.25) is 5.95 Å². The summed E-state index contributed by atoms with van der Waals surface area (Å²) in [5.41, 5.74) is 2.39. The number of nitrogens with zero attached hydrogens (tertiary/aromatic N) is 4. The van der Waals surface area contributed by atoms with E-state index >= 15 is 0 Å².